The zero-order valence-electron chi connectivity index (χ0n) is 17.9. The quantitative estimate of drug-likeness (QED) is 0.804. The van der Waals surface area contributed by atoms with Crippen molar-refractivity contribution in [2.24, 2.45) is 17.3 Å². The van der Waals surface area contributed by atoms with Gasteiger partial charge in [-0.05, 0) is 23.6 Å². The minimum atomic E-state index is -0.152. The number of nitrogens with one attached hydrogen (secondary N) is 1. The second-order valence-corrected chi connectivity index (χ2v) is 9.24. The van der Waals surface area contributed by atoms with Crippen LogP contribution in [0.1, 0.15) is 29.8 Å². The van der Waals surface area contributed by atoms with E-state index in [9.17, 15) is 9.59 Å². The number of benzene rings is 2. The smallest absolute Gasteiger partial charge is 0.253 e. The average Bonchev–Trinajstić information content (AvgIpc) is 3.11. The van der Waals surface area contributed by atoms with Crippen LogP contribution in [0.2, 0.25) is 0 Å². The summed E-state index contributed by atoms with van der Waals surface area (Å²) < 4.78 is 0. The van der Waals surface area contributed by atoms with Crippen molar-refractivity contribution < 1.29 is 9.59 Å². The first kappa shape index (κ1) is 20.6. The van der Waals surface area contributed by atoms with Crippen molar-refractivity contribution >= 4 is 11.8 Å². The molecule has 2 aromatic carbocycles. The summed E-state index contributed by atoms with van der Waals surface area (Å²) in [7, 11) is 0. The Kier molecular flexibility index (Phi) is 5.91. The molecule has 2 heterocycles. The third kappa shape index (κ3) is 4.26. The van der Waals surface area contributed by atoms with E-state index >= 15 is 0 Å². The van der Waals surface area contributed by atoms with E-state index in [-0.39, 0.29) is 23.1 Å². The Bertz CT molecular complexity index is 876. The maximum absolute atomic E-state index is 13.1. The molecule has 2 amide bonds. The van der Waals surface area contributed by atoms with Crippen molar-refractivity contribution in [1.29, 1.82) is 0 Å². The molecule has 1 atom stereocenters. The molecule has 0 saturated carbocycles. The number of carbonyl (C=O) groups is 2. The van der Waals surface area contributed by atoms with Crippen LogP contribution in [0.15, 0.2) is 60.7 Å². The van der Waals surface area contributed by atoms with Gasteiger partial charge in [-0.3, -0.25) is 14.5 Å². The van der Waals surface area contributed by atoms with E-state index in [1.165, 1.54) is 5.56 Å². The predicted octanol–water partition coefficient (Wildman–Crippen LogP) is 3.03. The van der Waals surface area contributed by atoms with Crippen molar-refractivity contribution in [1.82, 2.24) is 15.1 Å². The van der Waals surface area contributed by atoms with Gasteiger partial charge in [-0.1, -0.05) is 62.4 Å². The molecule has 1 spiro atoms. The highest BCUT2D eigenvalue weighted by molar-refractivity contribution is 5.95. The Morgan fingerprint density at radius 3 is 2.27 bits per heavy atom. The number of likely N-dealkylation sites (tertiary alicyclic amines) is 2. The molecule has 5 nitrogen and oxygen atoms in total. The second kappa shape index (κ2) is 8.60. The van der Waals surface area contributed by atoms with Gasteiger partial charge in [-0.15, -0.1) is 0 Å². The van der Waals surface area contributed by atoms with Crippen molar-refractivity contribution in [3.8, 4) is 0 Å². The summed E-state index contributed by atoms with van der Waals surface area (Å²) in [6.07, 6.45) is 0. The number of hydrogen-bond donors (Lipinski definition) is 1. The van der Waals surface area contributed by atoms with Gasteiger partial charge in [0.2, 0.25) is 5.91 Å². The molecular formula is C25H31N3O2. The Labute approximate surface area is 179 Å². The first-order chi connectivity index (χ1) is 14.5. The van der Waals surface area contributed by atoms with E-state index in [0.717, 1.165) is 19.6 Å². The van der Waals surface area contributed by atoms with Crippen molar-refractivity contribution in [2.75, 3.05) is 32.7 Å². The molecule has 1 N–H and O–H groups in total. The molecule has 2 aliphatic heterocycles. The van der Waals surface area contributed by atoms with Crippen LogP contribution in [0.25, 0.3) is 0 Å². The lowest BCUT2D eigenvalue weighted by molar-refractivity contribution is -0.131. The van der Waals surface area contributed by atoms with Gasteiger partial charge in [-0.25, -0.2) is 0 Å². The second-order valence-electron chi connectivity index (χ2n) is 9.24. The van der Waals surface area contributed by atoms with Crippen LogP contribution in [0.3, 0.4) is 0 Å². The number of hydrogen-bond acceptors (Lipinski definition) is 3. The summed E-state index contributed by atoms with van der Waals surface area (Å²) in [5.41, 5.74) is 1.82. The number of amides is 2. The molecule has 2 saturated heterocycles. The fourth-order valence-electron chi connectivity index (χ4n) is 4.76. The Morgan fingerprint density at radius 2 is 1.63 bits per heavy atom. The summed E-state index contributed by atoms with van der Waals surface area (Å²) in [5.74, 6) is 0.527. The largest absolute Gasteiger partial charge is 0.356 e. The van der Waals surface area contributed by atoms with Crippen LogP contribution >= 0.6 is 0 Å². The van der Waals surface area contributed by atoms with Gasteiger partial charge >= 0.3 is 0 Å². The van der Waals surface area contributed by atoms with E-state index in [1.807, 2.05) is 41.3 Å². The van der Waals surface area contributed by atoms with Crippen LogP contribution < -0.4 is 5.32 Å². The maximum Gasteiger partial charge on any atom is 0.253 e. The zero-order chi connectivity index (χ0) is 21.1. The lowest BCUT2D eigenvalue weighted by Crippen LogP contribution is -2.64. The molecule has 2 aromatic rings. The summed E-state index contributed by atoms with van der Waals surface area (Å²) in [4.78, 5) is 30.2. The number of carbonyl (C=O) groups excluding carboxylic acids is 2. The highest BCUT2D eigenvalue weighted by Gasteiger charge is 2.57. The van der Waals surface area contributed by atoms with Crippen LogP contribution in [-0.4, -0.2) is 54.3 Å². The van der Waals surface area contributed by atoms with Crippen LogP contribution in [-0.2, 0) is 11.3 Å². The number of rotatable bonds is 6. The fraction of sp³-hybridized carbons (Fsp3) is 0.440. The highest BCUT2D eigenvalue weighted by Crippen LogP contribution is 2.45. The zero-order valence-corrected chi connectivity index (χ0v) is 17.9. The first-order valence-corrected chi connectivity index (χ1v) is 10.9. The molecule has 30 heavy (non-hydrogen) atoms. The van der Waals surface area contributed by atoms with E-state index < -0.39 is 0 Å². The minimum absolute atomic E-state index is 0.0593. The molecule has 0 bridgehead atoms. The van der Waals surface area contributed by atoms with Crippen LogP contribution in [0.4, 0.5) is 0 Å². The van der Waals surface area contributed by atoms with Gasteiger partial charge in [0, 0.05) is 50.2 Å². The van der Waals surface area contributed by atoms with Crippen molar-refractivity contribution in [3.05, 3.63) is 71.8 Å². The Morgan fingerprint density at radius 1 is 1.00 bits per heavy atom. The third-order valence-corrected chi connectivity index (χ3v) is 6.29. The third-order valence-electron chi connectivity index (χ3n) is 6.29. The molecular weight excluding hydrogens is 374 g/mol. The Hall–Kier alpha value is -2.66. The van der Waals surface area contributed by atoms with Gasteiger partial charge in [0.05, 0.1) is 5.92 Å². The SMILES string of the molecule is CC(C)CNC(=O)C1CN(Cc2ccccc2)CC12CN(C(=O)c1ccccc1)C2. The van der Waals surface area contributed by atoms with Crippen molar-refractivity contribution in [3.63, 3.8) is 0 Å². The van der Waals surface area contributed by atoms with Gasteiger partial charge < -0.3 is 10.2 Å². The summed E-state index contributed by atoms with van der Waals surface area (Å²) in [6, 6.07) is 19.8. The minimum Gasteiger partial charge on any atom is -0.356 e. The topological polar surface area (TPSA) is 52.7 Å². The normalized spacial score (nSPS) is 20.4. The lowest BCUT2D eigenvalue weighted by atomic mass is 9.71. The van der Waals surface area contributed by atoms with E-state index in [0.29, 0.717) is 31.1 Å². The number of nitrogens with zero attached hydrogens (tertiary/aromatic N) is 2. The van der Waals surface area contributed by atoms with Gasteiger partial charge in [0.25, 0.3) is 5.91 Å². The maximum atomic E-state index is 13.1. The molecule has 0 aromatic heterocycles. The monoisotopic (exact) mass is 405 g/mol. The Balaban J connectivity index is 1.47. The van der Waals surface area contributed by atoms with Gasteiger partial charge in [0.15, 0.2) is 0 Å². The summed E-state index contributed by atoms with van der Waals surface area (Å²) in [6.45, 7) is 8.62. The standard InChI is InChI=1S/C25H31N3O2/c1-19(2)13-26-23(29)22-15-27(14-20-9-5-3-6-10-20)16-25(22)17-28(18-25)24(30)21-11-7-4-8-12-21/h3-12,19,22H,13-18H2,1-2H3,(H,26,29). The molecule has 0 radical (unpaired) electrons. The molecule has 4 rings (SSSR count). The molecule has 5 heteroatoms. The van der Waals surface area contributed by atoms with E-state index in [2.05, 4.69) is 48.3 Å². The molecule has 2 aliphatic rings. The van der Waals surface area contributed by atoms with Crippen molar-refractivity contribution in [2.45, 2.75) is 20.4 Å². The predicted molar refractivity (Wildman–Crippen MR) is 118 cm³/mol. The lowest BCUT2D eigenvalue weighted by Gasteiger charge is -2.50. The van der Waals surface area contributed by atoms with E-state index in [1.54, 1.807) is 0 Å². The molecule has 2 fully saturated rings. The van der Waals surface area contributed by atoms with Crippen LogP contribution in [0.5, 0.6) is 0 Å². The van der Waals surface area contributed by atoms with Gasteiger partial charge in [-0.2, -0.15) is 0 Å². The molecule has 158 valence electrons. The van der Waals surface area contributed by atoms with Crippen LogP contribution in [0, 0.1) is 17.3 Å². The average molecular weight is 406 g/mol. The molecule has 0 aliphatic carbocycles. The van der Waals surface area contributed by atoms with Gasteiger partial charge in [0.1, 0.15) is 0 Å². The van der Waals surface area contributed by atoms with E-state index in [4.69, 9.17) is 0 Å². The fourth-order valence-corrected chi connectivity index (χ4v) is 4.76. The molecule has 1 unspecified atom stereocenters. The summed E-state index contributed by atoms with van der Waals surface area (Å²) in [5, 5.41) is 3.14. The first-order valence-electron chi connectivity index (χ1n) is 10.9. The highest BCUT2D eigenvalue weighted by atomic mass is 16.2. The summed E-state index contributed by atoms with van der Waals surface area (Å²) >= 11 is 0.